The minimum atomic E-state index is 0.704. The van der Waals surface area contributed by atoms with Crippen LogP contribution in [-0.2, 0) is 0 Å². The molecule has 1 heteroatoms. The van der Waals surface area contributed by atoms with Gasteiger partial charge in [-0.05, 0) is 42.2 Å². The van der Waals surface area contributed by atoms with Crippen molar-refractivity contribution in [3.05, 3.63) is 35.9 Å². The van der Waals surface area contributed by atoms with Crippen molar-refractivity contribution in [2.24, 2.45) is 23.5 Å². The fraction of sp³-hybridized carbons (Fsp3) is 0.571. The minimum absolute atomic E-state index is 0.704. The molecule has 15 heavy (non-hydrogen) atoms. The zero-order valence-corrected chi connectivity index (χ0v) is 9.69. The SMILES string of the molecule is CC(C)C(CN)C1CC1c1ccccc1. The molecular formula is C14H21N. The van der Waals surface area contributed by atoms with E-state index in [0.29, 0.717) is 11.8 Å². The molecule has 3 atom stereocenters. The summed E-state index contributed by atoms with van der Waals surface area (Å²) in [6.07, 6.45) is 1.34. The first kappa shape index (κ1) is 10.7. The Morgan fingerprint density at radius 2 is 1.93 bits per heavy atom. The van der Waals surface area contributed by atoms with E-state index in [0.717, 1.165) is 18.4 Å². The van der Waals surface area contributed by atoms with Crippen LogP contribution < -0.4 is 5.73 Å². The van der Waals surface area contributed by atoms with Crippen molar-refractivity contribution in [1.82, 2.24) is 0 Å². The van der Waals surface area contributed by atoms with Crippen LogP contribution in [0.2, 0.25) is 0 Å². The number of rotatable bonds is 4. The Morgan fingerprint density at radius 1 is 1.27 bits per heavy atom. The van der Waals surface area contributed by atoms with Crippen molar-refractivity contribution in [2.75, 3.05) is 6.54 Å². The van der Waals surface area contributed by atoms with Gasteiger partial charge in [-0.25, -0.2) is 0 Å². The van der Waals surface area contributed by atoms with Crippen molar-refractivity contribution in [1.29, 1.82) is 0 Å². The lowest BCUT2D eigenvalue weighted by atomic mass is 9.89. The molecule has 1 nitrogen and oxygen atoms in total. The molecule has 1 aliphatic rings. The van der Waals surface area contributed by atoms with Crippen molar-refractivity contribution in [3.63, 3.8) is 0 Å². The topological polar surface area (TPSA) is 26.0 Å². The third kappa shape index (κ3) is 2.23. The molecule has 82 valence electrons. The summed E-state index contributed by atoms with van der Waals surface area (Å²) in [6.45, 7) is 5.42. The van der Waals surface area contributed by atoms with Crippen LogP contribution in [0.1, 0.15) is 31.7 Å². The maximum atomic E-state index is 5.85. The summed E-state index contributed by atoms with van der Waals surface area (Å²) in [7, 11) is 0. The Bertz CT molecular complexity index is 304. The van der Waals surface area contributed by atoms with E-state index >= 15 is 0 Å². The van der Waals surface area contributed by atoms with Crippen LogP contribution in [0, 0.1) is 17.8 Å². The van der Waals surface area contributed by atoms with Gasteiger partial charge >= 0.3 is 0 Å². The minimum Gasteiger partial charge on any atom is -0.330 e. The molecule has 0 bridgehead atoms. The molecule has 0 spiro atoms. The van der Waals surface area contributed by atoms with Gasteiger partial charge in [0.15, 0.2) is 0 Å². The van der Waals surface area contributed by atoms with Gasteiger partial charge in [0.05, 0.1) is 0 Å². The van der Waals surface area contributed by atoms with Crippen LogP contribution >= 0.6 is 0 Å². The number of hydrogen-bond donors (Lipinski definition) is 1. The van der Waals surface area contributed by atoms with E-state index in [9.17, 15) is 0 Å². The Balaban J connectivity index is 2.01. The van der Waals surface area contributed by atoms with Crippen molar-refractivity contribution >= 4 is 0 Å². The van der Waals surface area contributed by atoms with Gasteiger partial charge in [-0.2, -0.15) is 0 Å². The molecule has 1 aromatic carbocycles. The summed E-state index contributed by atoms with van der Waals surface area (Å²) >= 11 is 0. The number of benzene rings is 1. The smallest absolute Gasteiger partial charge is 0.00435 e. The number of nitrogens with two attached hydrogens (primary N) is 1. The summed E-state index contributed by atoms with van der Waals surface area (Å²) in [4.78, 5) is 0. The second-order valence-corrected chi connectivity index (χ2v) is 5.06. The van der Waals surface area contributed by atoms with Gasteiger partial charge in [-0.15, -0.1) is 0 Å². The lowest BCUT2D eigenvalue weighted by Crippen LogP contribution is -2.22. The highest BCUT2D eigenvalue weighted by molar-refractivity contribution is 5.26. The monoisotopic (exact) mass is 203 g/mol. The first-order chi connectivity index (χ1) is 7.24. The van der Waals surface area contributed by atoms with Crippen LogP contribution in [0.25, 0.3) is 0 Å². The molecular weight excluding hydrogens is 182 g/mol. The van der Waals surface area contributed by atoms with E-state index in [1.54, 1.807) is 0 Å². The van der Waals surface area contributed by atoms with E-state index in [1.807, 2.05) is 0 Å². The lowest BCUT2D eigenvalue weighted by Gasteiger charge is -2.18. The summed E-state index contributed by atoms with van der Waals surface area (Å²) in [5.41, 5.74) is 7.36. The average molecular weight is 203 g/mol. The van der Waals surface area contributed by atoms with E-state index in [2.05, 4.69) is 44.2 Å². The molecule has 0 aliphatic heterocycles. The predicted molar refractivity (Wildman–Crippen MR) is 64.7 cm³/mol. The third-order valence-electron chi connectivity index (χ3n) is 3.75. The molecule has 0 saturated heterocycles. The Kier molecular flexibility index (Phi) is 3.11. The summed E-state index contributed by atoms with van der Waals surface area (Å²) in [6, 6.07) is 10.9. The number of hydrogen-bond acceptors (Lipinski definition) is 1. The third-order valence-corrected chi connectivity index (χ3v) is 3.75. The van der Waals surface area contributed by atoms with Gasteiger partial charge in [0.2, 0.25) is 0 Å². The first-order valence-corrected chi connectivity index (χ1v) is 5.99. The summed E-state index contributed by atoms with van der Waals surface area (Å²) in [5, 5.41) is 0. The van der Waals surface area contributed by atoms with Gasteiger partial charge < -0.3 is 5.73 Å². The van der Waals surface area contributed by atoms with Crippen LogP contribution in [0.3, 0.4) is 0 Å². The molecule has 0 heterocycles. The van der Waals surface area contributed by atoms with Crippen molar-refractivity contribution in [2.45, 2.75) is 26.2 Å². The van der Waals surface area contributed by atoms with Crippen LogP contribution in [0.15, 0.2) is 30.3 Å². The zero-order chi connectivity index (χ0) is 10.8. The Labute approximate surface area is 92.7 Å². The van der Waals surface area contributed by atoms with E-state index < -0.39 is 0 Å². The Hall–Kier alpha value is -0.820. The summed E-state index contributed by atoms with van der Waals surface area (Å²) in [5.74, 6) is 3.03. The second kappa shape index (κ2) is 4.36. The van der Waals surface area contributed by atoms with Gasteiger partial charge in [0.25, 0.3) is 0 Å². The molecule has 2 N–H and O–H groups in total. The largest absolute Gasteiger partial charge is 0.330 e. The highest BCUT2D eigenvalue weighted by atomic mass is 14.6. The van der Waals surface area contributed by atoms with Gasteiger partial charge in [0, 0.05) is 0 Å². The van der Waals surface area contributed by atoms with Crippen molar-refractivity contribution in [3.8, 4) is 0 Å². The highest BCUT2D eigenvalue weighted by Gasteiger charge is 2.43. The zero-order valence-electron chi connectivity index (χ0n) is 9.69. The van der Waals surface area contributed by atoms with E-state index in [4.69, 9.17) is 5.73 Å². The van der Waals surface area contributed by atoms with E-state index in [-0.39, 0.29) is 0 Å². The highest BCUT2D eigenvalue weighted by Crippen LogP contribution is 2.53. The molecule has 1 saturated carbocycles. The fourth-order valence-corrected chi connectivity index (χ4v) is 2.71. The molecule has 1 fully saturated rings. The standard InChI is InChI=1S/C14H21N/c1-10(2)14(9-15)13-8-12(13)11-6-4-3-5-7-11/h3-7,10,12-14H,8-9,15H2,1-2H3. The van der Waals surface area contributed by atoms with Crippen molar-refractivity contribution < 1.29 is 0 Å². The molecule has 0 radical (unpaired) electrons. The molecule has 3 unspecified atom stereocenters. The Morgan fingerprint density at radius 3 is 2.47 bits per heavy atom. The van der Waals surface area contributed by atoms with E-state index in [1.165, 1.54) is 12.0 Å². The maximum Gasteiger partial charge on any atom is -0.00435 e. The second-order valence-electron chi connectivity index (χ2n) is 5.06. The summed E-state index contributed by atoms with van der Waals surface area (Å²) < 4.78 is 0. The van der Waals surface area contributed by atoms with Gasteiger partial charge in [0.1, 0.15) is 0 Å². The maximum absolute atomic E-state index is 5.85. The van der Waals surface area contributed by atoms with Crippen LogP contribution in [0.4, 0.5) is 0 Å². The van der Waals surface area contributed by atoms with Gasteiger partial charge in [-0.3, -0.25) is 0 Å². The average Bonchev–Trinajstić information content (AvgIpc) is 3.00. The normalized spacial score (nSPS) is 26.7. The predicted octanol–water partition coefficient (Wildman–Crippen LogP) is 3.02. The van der Waals surface area contributed by atoms with Crippen LogP contribution in [0.5, 0.6) is 0 Å². The first-order valence-electron chi connectivity index (χ1n) is 5.99. The molecule has 1 aliphatic carbocycles. The van der Waals surface area contributed by atoms with Crippen LogP contribution in [-0.4, -0.2) is 6.54 Å². The fourth-order valence-electron chi connectivity index (χ4n) is 2.71. The molecule has 1 aromatic rings. The van der Waals surface area contributed by atoms with Gasteiger partial charge in [-0.1, -0.05) is 44.2 Å². The molecule has 0 aromatic heterocycles. The molecule has 2 rings (SSSR count). The quantitative estimate of drug-likeness (QED) is 0.799. The lowest BCUT2D eigenvalue weighted by molar-refractivity contribution is 0.344. The molecule has 0 amide bonds.